The van der Waals surface area contributed by atoms with Gasteiger partial charge in [-0.1, -0.05) is 6.92 Å². The van der Waals surface area contributed by atoms with Gasteiger partial charge >= 0.3 is 5.97 Å². The quantitative estimate of drug-likeness (QED) is 0.883. The van der Waals surface area contributed by atoms with E-state index in [9.17, 15) is 9.59 Å². The van der Waals surface area contributed by atoms with Crippen molar-refractivity contribution >= 4 is 23.2 Å². The summed E-state index contributed by atoms with van der Waals surface area (Å²) < 4.78 is 5.21. The third-order valence-corrected chi connectivity index (χ3v) is 3.80. The Morgan fingerprint density at radius 3 is 2.90 bits per heavy atom. The number of hydrogen-bond acceptors (Lipinski definition) is 5. The zero-order chi connectivity index (χ0) is 14.7. The van der Waals surface area contributed by atoms with Gasteiger partial charge < -0.3 is 14.8 Å². The first-order chi connectivity index (χ1) is 9.52. The van der Waals surface area contributed by atoms with Gasteiger partial charge in [-0.2, -0.15) is 0 Å². The van der Waals surface area contributed by atoms with E-state index >= 15 is 0 Å². The molecule has 2 aromatic rings. The fraction of sp³-hybridized carbons (Fsp3) is 0.308. The van der Waals surface area contributed by atoms with Gasteiger partial charge in [0.1, 0.15) is 10.8 Å². The summed E-state index contributed by atoms with van der Waals surface area (Å²) in [6.07, 6.45) is 2.11. The summed E-state index contributed by atoms with van der Waals surface area (Å²) in [6.45, 7) is 3.66. The molecule has 106 valence electrons. The molecular formula is C13H14N2O4S. The zero-order valence-corrected chi connectivity index (χ0v) is 11.9. The van der Waals surface area contributed by atoms with Crippen molar-refractivity contribution in [2.75, 3.05) is 0 Å². The second-order valence-electron chi connectivity index (χ2n) is 4.18. The van der Waals surface area contributed by atoms with Crippen molar-refractivity contribution in [3.63, 3.8) is 0 Å². The molecule has 0 fully saturated rings. The molecule has 0 spiro atoms. The highest BCUT2D eigenvalue weighted by molar-refractivity contribution is 7.09. The Labute approximate surface area is 119 Å². The van der Waals surface area contributed by atoms with Crippen molar-refractivity contribution in [2.45, 2.75) is 26.3 Å². The van der Waals surface area contributed by atoms with Crippen LogP contribution in [0.5, 0.6) is 0 Å². The highest BCUT2D eigenvalue weighted by atomic mass is 32.1. The van der Waals surface area contributed by atoms with Crippen molar-refractivity contribution in [3.8, 4) is 0 Å². The smallest absolute Gasteiger partial charge is 0.355 e. The highest BCUT2D eigenvalue weighted by Crippen LogP contribution is 2.19. The van der Waals surface area contributed by atoms with E-state index in [-0.39, 0.29) is 17.6 Å². The van der Waals surface area contributed by atoms with Crippen LogP contribution in [0.1, 0.15) is 51.5 Å². The lowest BCUT2D eigenvalue weighted by Crippen LogP contribution is -2.27. The fourth-order valence-electron chi connectivity index (χ4n) is 1.74. The number of carbonyl (C=O) groups excluding carboxylic acids is 1. The average molecular weight is 294 g/mol. The summed E-state index contributed by atoms with van der Waals surface area (Å²) in [6, 6.07) is 1.26. The lowest BCUT2D eigenvalue weighted by molar-refractivity contribution is 0.0691. The van der Waals surface area contributed by atoms with E-state index in [4.69, 9.17) is 9.52 Å². The SMILES string of the molecule is CCc1occc1C(=O)NC(C)c1nc(C(=O)O)cs1. The molecule has 0 aliphatic carbocycles. The maximum atomic E-state index is 12.1. The van der Waals surface area contributed by atoms with E-state index in [1.54, 1.807) is 13.0 Å². The molecule has 0 radical (unpaired) electrons. The van der Waals surface area contributed by atoms with Gasteiger partial charge in [0.05, 0.1) is 17.9 Å². The Morgan fingerprint density at radius 1 is 1.55 bits per heavy atom. The number of carboxylic acids is 1. The largest absolute Gasteiger partial charge is 0.476 e. The van der Waals surface area contributed by atoms with Gasteiger partial charge in [-0.15, -0.1) is 11.3 Å². The number of aromatic carboxylic acids is 1. The number of rotatable bonds is 5. The molecule has 0 saturated heterocycles. The molecule has 2 heterocycles. The van der Waals surface area contributed by atoms with Crippen LogP contribution in [0, 0.1) is 0 Å². The number of thiazole rings is 1. The van der Waals surface area contributed by atoms with Gasteiger partial charge in [0, 0.05) is 11.8 Å². The Bertz CT molecular complexity index is 632. The lowest BCUT2D eigenvalue weighted by atomic mass is 10.2. The minimum Gasteiger partial charge on any atom is -0.476 e. The summed E-state index contributed by atoms with van der Waals surface area (Å²) in [5.74, 6) is -0.704. The molecule has 6 nitrogen and oxygen atoms in total. The molecule has 7 heteroatoms. The van der Waals surface area contributed by atoms with Crippen LogP contribution < -0.4 is 5.32 Å². The van der Waals surface area contributed by atoms with E-state index in [1.807, 2.05) is 6.92 Å². The summed E-state index contributed by atoms with van der Waals surface area (Å²) in [5, 5.41) is 13.6. The topological polar surface area (TPSA) is 92.4 Å². The van der Waals surface area contributed by atoms with Crippen LogP contribution in [-0.2, 0) is 6.42 Å². The maximum Gasteiger partial charge on any atom is 0.355 e. The summed E-state index contributed by atoms with van der Waals surface area (Å²) in [7, 11) is 0. The number of furan rings is 1. The monoisotopic (exact) mass is 294 g/mol. The standard InChI is InChI=1S/C13H14N2O4S/c1-3-10-8(4-5-19-10)11(16)14-7(2)12-15-9(6-20-12)13(17)18/h4-7H,3H2,1-2H3,(H,14,16)(H,17,18). The minimum atomic E-state index is -1.07. The molecule has 2 rings (SSSR count). The molecule has 2 aromatic heterocycles. The highest BCUT2D eigenvalue weighted by Gasteiger charge is 2.19. The van der Waals surface area contributed by atoms with Crippen LogP contribution in [0.25, 0.3) is 0 Å². The summed E-state index contributed by atoms with van der Waals surface area (Å²) in [4.78, 5) is 26.8. The van der Waals surface area contributed by atoms with Crippen LogP contribution in [0.4, 0.5) is 0 Å². The fourth-order valence-corrected chi connectivity index (χ4v) is 2.54. The number of nitrogens with zero attached hydrogens (tertiary/aromatic N) is 1. The number of amides is 1. The van der Waals surface area contributed by atoms with Crippen molar-refractivity contribution in [1.82, 2.24) is 10.3 Å². The van der Waals surface area contributed by atoms with Crippen molar-refractivity contribution in [3.05, 3.63) is 39.7 Å². The van der Waals surface area contributed by atoms with Gasteiger partial charge in [-0.3, -0.25) is 4.79 Å². The van der Waals surface area contributed by atoms with Crippen LogP contribution in [0.3, 0.4) is 0 Å². The molecular weight excluding hydrogens is 280 g/mol. The average Bonchev–Trinajstić information content (AvgIpc) is 3.07. The first-order valence-electron chi connectivity index (χ1n) is 6.08. The number of aryl methyl sites for hydroxylation is 1. The maximum absolute atomic E-state index is 12.1. The molecule has 1 atom stereocenters. The number of carbonyl (C=O) groups is 2. The molecule has 1 amide bonds. The zero-order valence-electron chi connectivity index (χ0n) is 11.0. The van der Waals surface area contributed by atoms with Crippen LogP contribution in [-0.4, -0.2) is 22.0 Å². The van der Waals surface area contributed by atoms with Gasteiger partial charge in [-0.05, 0) is 13.0 Å². The predicted molar refractivity (Wildman–Crippen MR) is 73.0 cm³/mol. The molecule has 0 aliphatic rings. The van der Waals surface area contributed by atoms with Gasteiger partial charge in [0.2, 0.25) is 0 Å². The first kappa shape index (κ1) is 14.3. The van der Waals surface area contributed by atoms with Gasteiger partial charge in [0.25, 0.3) is 5.91 Å². The number of nitrogens with one attached hydrogen (secondary N) is 1. The molecule has 0 aromatic carbocycles. The third kappa shape index (κ3) is 2.88. The molecule has 0 bridgehead atoms. The van der Waals surface area contributed by atoms with Crippen molar-refractivity contribution < 1.29 is 19.1 Å². The normalized spacial score (nSPS) is 12.1. The number of carboxylic acid groups (broad SMARTS) is 1. The second kappa shape index (κ2) is 5.87. The van der Waals surface area contributed by atoms with Gasteiger partial charge in [-0.25, -0.2) is 9.78 Å². The van der Waals surface area contributed by atoms with Gasteiger partial charge in [0.15, 0.2) is 5.69 Å². The molecule has 20 heavy (non-hydrogen) atoms. The van der Waals surface area contributed by atoms with Crippen LogP contribution in [0.15, 0.2) is 22.1 Å². The lowest BCUT2D eigenvalue weighted by Gasteiger charge is -2.10. The molecule has 2 N–H and O–H groups in total. The first-order valence-corrected chi connectivity index (χ1v) is 6.96. The van der Waals surface area contributed by atoms with E-state index in [0.29, 0.717) is 22.8 Å². The van der Waals surface area contributed by atoms with E-state index in [1.165, 1.54) is 23.0 Å². The molecule has 0 aliphatic heterocycles. The second-order valence-corrected chi connectivity index (χ2v) is 5.07. The summed E-state index contributed by atoms with van der Waals surface area (Å²) >= 11 is 1.21. The summed E-state index contributed by atoms with van der Waals surface area (Å²) in [5.41, 5.74) is 0.484. The number of hydrogen-bond donors (Lipinski definition) is 2. The Hall–Kier alpha value is -2.15. The van der Waals surface area contributed by atoms with E-state index < -0.39 is 5.97 Å². The third-order valence-electron chi connectivity index (χ3n) is 2.77. The predicted octanol–water partition coefficient (Wildman–Crippen LogP) is 2.49. The van der Waals surface area contributed by atoms with Crippen molar-refractivity contribution in [2.24, 2.45) is 0 Å². The van der Waals surface area contributed by atoms with E-state index in [0.717, 1.165) is 0 Å². The van der Waals surface area contributed by atoms with Crippen molar-refractivity contribution in [1.29, 1.82) is 0 Å². The molecule has 1 unspecified atom stereocenters. The van der Waals surface area contributed by atoms with Crippen LogP contribution >= 0.6 is 11.3 Å². The number of aromatic nitrogens is 1. The Kier molecular flexibility index (Phi) is 4.19. The van der Waals surface area contributed by atoms with Crippen LogP contribution in [0.2, 0.25) is 0 Å². The van der Waals surface area contributed by atoms with E-state index in [2.05, 4.69) is 10.3 Å². The minimum absolute atomic E-state index is 0.0105. The Balaban J connectivity index is 2.09. The Morgan fingerprint density at radius 2 is 2.30 bits per heavy atom. The molecule has 0 saturated carbocycles.